The highest BCUT2D eigenvalue weighted by Crippen LogP contribution is 2.46. The first-order valence-corrected chi connectivity index (χ1v) is 6.87. The van der Waals surface area contributed by atoms with Crippen LogP contribution in [0.2, 0.25) is 10.0 Å². The molecule has 0 bridgehead atoms. The summed E-state index contributed by atoms with van der Waals surface area (Å²) in [7, 11) is 0. The molecule has 0 heterocycles. The number of phenolic OH excluding ortho intramolecular Hbond substituents is 1. The van der Waals surface area contributed by atoms with E-state index in [0.717, 1.165) is 0 Å². The Morgan fingerprint density at radius 1 is 0.955 bits per heavy atom. The fraction of sp³-hybridized carbons (Fsp3) is 0. The van der Waals surface area contributed by atoms with Gasteiger partial charge in [0.15, 0.2) is 11.6 Å². The monoisotopic (exact) mass is 335 g/mol. The van der Waals surface area contributed by atoms with Gasteiger partial charge in [-0.15, -0.1) is 0 Å². The van der Waals surface area contributed by atoms with E-state index in [0.29, 0.717) is 6.41 Å². The molecule has 110 valence electrons. The van der Waals surface area contributed by atoms with E-state index in [1.54, 1.807) is 12.1 Å². The summed E-state index contributed by atoms with van der Waals surface area (Å²) in [4.78, 5) is 36.0. The van der Waals surface area contributed by atoms with Crippen molar-refractivity contribution in [3.05, 3.63) is 56.6 Å². The summed E-state index contributed by atoms with van der Waals surface area (Å²) in [5.41, 5.74) is -0.190. The van der Waals surface area contributed by atoms with Crippen molar-refractivity contribution in [1.82, 2.24) is 0 Å². The highest BCUT2D eigenvalue weighted by Gasteiger charge is 2.36. The molecule has 0 aliphatic heterocycles. The molecule has 0 spiro atoms. The van der Waals surface area contributed by atoms with Gasteiger partial charge in [-0.25, -0.2) is 0 Å². The van der Waals surface area contributed by atoms with Crippen LogP contribution in [0, 0.1) is 0 Å². The van der Waals surface area contributed by atoms with Crippen LogP contribution in [-0.4, -0.2) is 23.1 Å². The van der Waals surface area contributed by atoms with Crippen molar-refractivity contribution in [1.29, 1.82) is 0 Å². The summed E-state index contributed by atoms with van der Waals surface area (Å²) in [6.45, 7) is 0. The van der Waals surface area contributed by atoms with Gasteiger partial charge in [0.25, 0.3) is 0 Å². The van der Waals surface area contributed by atoms with E-state index < -0.39 is 17.3 Å². The Labute approximate surface area is 134 Å². The van der Waals surface area contributed by atoms with Crippen LogP contribution in [0.3, 0.4) is 0 Å². The van der Waals surface area contributed by atoms with Crippen molar-refractivity contribution >= 4 is 46.9 Å². The van der Waals surface area contributed by atoms with Gasteiger partial charge in [0.05, 0.1) is 21.8 Å². The Bertz CT molecular complexity index is 861. The highest BCUT2D eigenvalue weighted by atomic mass is 35.5. The molecule has 2 aromatic carbocycles. The maximum atomic E-state index is 12.6. The molecule has 0 saturated heterocycles. The minimum Gasteiger partial charge on any atom is -0.506 e. The van der Waals surface area contributed by atoms with E-state index in [-0.39, 0.29) is 38.0 Å². The van der Waals surface area contributed by atoms with Gasteiger partial charge in [-0.2, -0.15) is 0 Å². The van der Waals surface area contributed by atoms with E-state index >= 15 is 0 Å². The molecule has 0 radical (unpaired) electrons. The molecule has 7 heteroatoms. The number of aromatic hydroxyl groups is 1. The number of amides is 1. The van der Waals surface area contributed by atoms with E-state index in [2.05, 4.69) is 5.32 Å². The molecule has 0 unspecified atom stereocenters. The fourth-order valence-corrected chi connectivity index (χ4v) is 2.90. The number of carbonyl (C=O) groups is 3. The first-order chi connectivity index (χ1) is 10.5. The van der Waals surface area contributed by atoms with Crippen molar-refractivity contribution in [3.63, 3.8) is 0 Å². The Balaban J connectivity index is 2.44. The zero-order valence-corrected chi connectivity index (χ0v) is 12.3. The maximum Gasteiger partial charge on any atom is 0.211 e. The number of anilines is 1. The lowest BCUT2D eigenvalue weighted by atomic mass is 9.82. The van der Waals surface area contributed by atoms with Crippen molar-refractivity contribution in [2.45, 2.75) is 0 Å². The van der Waals surface area contributed by atoms with Crippen molar-refractivity contribution in [3.8, 4) is 5.75 Å². The first-order valence-electron chi connectivity index (χ1n) is 6.11. The molecule has 0 aromatic heterocycles. The SMILES string of the molecule is O=CNc1c(Cl)c(Cl)c(O)c2c1C(=O)c1ccccc1C2=O. The molecule has 5 nitrogen and oxygen atoms in total. The average Bonchev–Trinajstić information content (AvgIpc) is 2.53. The van der Waals surface area contributed by atoms with Gasteiger partial charge in [-0.3, -0.25) is 14.4 Å². The summed E-state index contributed by atoms with van der Waals surface area (Å²) >= 11 is 11.9. The van der Waals surface area contributed by atoms with Crippen LogP contribution in [0.4, 0.5) is 5.69 Å². The fourth-order valence-electron chi connectivity index (χ4n) is 2.47. The topological polar surface area (TPSA) is 83.5 Å². The largest absolute Gasteiger partial charge is 0.506 e. The number of halogens is 2. The number of carbonyl (C=O) groups excluding carboxylic acids is 3. The molecular weight excluding hydrogens is 329 g/mol. The zero-order chi connectivity index (χ0) is 16.0. The number of nitrogens with one attached hydrogen (secondary N) is 1. The molecule has 3 rings (SSSR count). The van der Waals surface area contributed by atoms with E-state index in [4.69, 9.17) is 23.2 Å². The number of phenols is 1. The number of benzene rings is 2. The lowest BCUT2D eigenvalue weighted by Crippen LogP contribution is -2.23. The number of ketones is 2. The van der Waals surface area contributed by atoms with Gasteiger partial charge in [-0.1, -0.05) is 47.5 Å². The summed E-state index contributed by atoms with van der Waals surface area (Å²) in [5.74, 6) is -1.66. The smallest absolute Gasteiger partial charge is 0.211 e. The van der Waals surface area contributed by atoms with E-state index in [1.807, 2.05) is 0 Å². The normalized spacial score (nSPS) is 12.6. The first kappa shape index (κ1) is 14.6. The van der Waals surface area contributed by atoms with Crippen LogP contribution in [0.15, 0.2) is 24.3 Å². The zero-order valence-electron chi connectivity index (χ0n) is 10.8. The Kier molecular flexibility index (Phi) is 3.39. The van der Waals surface area contributed by atoms with Gasteiger partial charge in [0.2, 0.25) is 6.41 Å². The van der Waals surface area contributed by atoms with Gasteiger partial charge in [-0.05, 0) is 0 Å². The summed E-state index contributed by atoms with van der Waals surface area (Å²) in [5, 5.41) is 11.9. The quantitative estimate of drug-likeness (QED) is 0.557. The van der Waals surface area contributed by atoms with Gasteiger partial charge < -0.3 is 10.4 Å². The molecule has 1 amide bonds. The number of hydrogen-bond donors (Lipinski definition) is 2. The Morgan fingerprint density at radius 3 is 2.05 bits per heavy atom. The molecule has 22 heavy (non-hydrogen) atoms. The molecule has 0 atom stereocenters. The standard InChI is InChI=1S/C15H7Cl2NO4/c16-10-11(17)15(22)9-8(12(10)18-5-19)13(20)6-3-1-2-4-7(6)14(9)21/h1-5,22H,(H,18,19). The second-order valence-electron chi connectivity index (χ2n) is 4.57. The third kappa shape index (κ3) is 1.83. The average molecular weight is 336 g/mol. The third-order valence-corrected chi connectivity index (χ3v) is 4.27. The number of hydrogen-bond acceptors (Lipinski definition) is 4. The highest BCUT2D eigenvalue weighted by molar-refractivity contribution is 6.47. The second-order valence-corrected chi connectivity index (χ2v) is 5.32. The van der Waals surface area contributed by atoms with Gasteiger partial charge in [0, 0.05) is 11.1 Å². The minimum atomic E-state index is -0.578. The molecule has 1 aliphatic carbocycles. The van der Waals surface area contributed by atoms with Crippen LogP contribution in [0.1, 0.15) is 31.8 Å². The predicted octanol–water partition coefficient (Wildman–Crippen LogP) is 3.04. The lowest BCUT2D eigenvalue weighted by Gasteiger charge is -2.22. The maximum absolute atomic E-state index is 12.6. The summed E-state index contributed by atoms with van der Waals surface area (Å²) in [6.07, 6.45) is 0.313. The molecule has 0 saturated carbocycles. The van der Waals surface area contributed by atoms with Crippen LogP contribution in [0.5, 0.6) is 5.75 Å². The van der Waals surface area contributed by atoms with Crippen LogP contribution in [-0.2, 0) is 4.79 Å². The molecule has 2 N–H and O–H groups in total. The minimum absolute atomic E-state index is 0.0951. The van der Waals surface area contributed by atoms with Crippen LogP contribution < -0.4 is 5.32 Å². The van der Waals surface area contributed by atoms with Crippen molar-refractivity contribution in [2.24, 2.45) is 0 Å². The van der Waals surface area contributed by atoms with Crippen molar-refractivity contribution < 1.29 is 19.5 Å². The number of rotatable bonds is 2. The molecule has 2 aromatic rings. The molecule has 1 aliphatic rings. The second kappa shape index (κ2) is 5.12. The molecule has 0 fully saturated rings. The Hall–Kier alpha value is -2.37. The predicted molar refractivity (Wildman–Crippen MR) is 81.1 cm³/mol. The van der Waals surface area contributed by atoms with Gasteiger partial charge >= 0.3 is 0 Å². The van der Waals surface area contributed by atoms with E-state index in [9.17, 15) is 19.5 Å². The van der Waals surface area contributed by atoms with E-state index in [1.165, 1.54) is 12.1 Å². The summed E-state index contributed by atoms with van der Waals surface area (Å²) in [6, 6.07) is 6.18. The lowest BCUT2D eigenvalue weighted by molar-refractivity contribution is -0.105. The Morgan fingerprint density at radius 2 is 1.50 bits per heavy atom. The van der Waals surface area contributed by atoms with Crippen LogP contribution >= 0.6 is 23.2 Å². The van der Waals surface area contributed by atoms with Gasteiger partial charge in [0.1, 0.15) is 10.8 Å². The van der Waals surface area contributed by atoms with Crippen molar-refractivity contribution in [2.75, 3.05) is 5.32 Å². The molecular formula is C15H7Cl2NO4. The number of fused-ring (bicyclic) bond motifs is 2. The third-order valence-electron chi connectivity index (χ3n) is 3.43. The summed E-state index contributed by atoms with van der Waals surface area (Å²) < 4.78 is 0. The van der Waals surface area contributed by atoms with Crippen LogP contribution in [0.25, 0.3) is 0 Å².